The molecule has 4 rings (SSSR count). The van der Waals surface area contributed by atoms with Crippen LogP contribution < -0.4 is 0 Å². The van der Waals surface area contributed by atoms with Gasteiger partial charge in [0.25, 0.3) is 5.91 Å². The zero-order valence-corrected chi connectivity index (χ0v) is 12.7. The summed E-state index contributed by atoms with van der Waals surface area (Å²) in [6, 6.07) is 10.2. The molecule has 0 atom stereocenters. The standard InChI is InChI=1S/C18H19N3O/c1-12-5-6-13-7-8-14-11-15(20-17(14)16(13)19-12)18(22)21-9-3-2-4-10-21/h5-8,11,19H,2-4,9-10H2,1H3. The maximum atomic E-state index is 12.6. The zero-order valence-electron chi connectivity index (χ0n) is 12.7. The van der Waals surface area contributed by atoms with Crippen LogP contribution in [0.25, 0.3) is 21.8 Å². The molecule has 1 saturated heterocycles. The fourth-order valence-electron chi connectivity index (χ4n) is 3.25. The van der Waals surface area contributed by atoms with Crippen molar-refractivity contribution in [2.45, 2.75) is 26.2 Å². The molecule has 1 aliphatic rings. The van der Waals surface area contributed by atoms with Gasteiger partial charge in [-0.1, -0.05) is 18.2 Å². The molecule has 1 N–H and O–H groups in total. The monoisotopic (exact) mass is 293 g/mol. The van der Waals surface area contributed by atoms with Gasteiger partial charge in [-0.05, 0) is 38.3 Å². The number of nitrogens with one attached hydrogen (secondary N) is 1. The molecule has 3 aromatic rings. The number of piperidine rings is 1. The first-order valence-corrected chi connectivity index (χ1v) is 7.91. The number of fused-ring (bicyclic) bond motifs is 3. The summed E-state index contributed by atoms with van der Waals surface area (Å²) >= 11 is 0. The molecule has 4 heteroatoms. The number of benzene rings is 1. The van der Waals surface area contributed by atoms with Gasteiger partial charge in [0, 0.05) is 29.6 Å². The van der Waals surface area contributed by atoms with E-state index in [1.165, 1.54) is 6.42 Å². The quantitative estimate of drug-likeness (QED) is 0.744. The smallest absolute Gasteiger partial charge is 0.272 e. The number of pyridine rings is 1. The number of aromatic amines is 1. The third kappa shape index (κ3) is 2.15. The van der Waals surface area contributed by atoms with E-state index in [9.17, 15) is 4.79 Å². The number of nitrogens with zero attached hydrogens (tertiary/aromatic N) is 2. The van der Waals surface area contributed by atoms with Crippen LogP contribution in [0, 0.1) is 6.92 Å². The van der Waals surface area contributed by atoms with Crippen LogP contribution in [0.1, 0.15) is 35.4 Å². The molecule has 22 heavy (non-hydrogen) atoms. The zero-order chi connectivity index (χ0) is 15.1. The van der Waals surface area contributed by atoms with Crippen molar-refractivity contribution in [2.24, 2.45) is 0 Å². The second-order valence-corrected chi connectivity index (χ2v) is 6.10. The highest BCUT2D eigenvalue weighted by Crippen LogP contribution is 2.25. The molecule has 0 aliphatic carbocycles. The van der Waals surface area contributed by atoms with Gasteiger partial charge in [0.1, 0.15) is 5.69 Å². The number of hydrogen-bond acceptors (Lipinski definition) is 2. The van der Waals surface area contributed by atoms with Gasteiger partial charge >= 0.3 is 0 Å². The number of likely N-dealkylation sites (tertiary alicyclic amines) is 1. The summed E-state index contributed by atoms with van der Waals surface area (Å²) in [4.78, 5) is 22.6. The highest BCUT2D eigenvalue weighted by atomic mass is 16.2. The molecule has 0 bridgehead atoms. The molecule has 0 spiro atoms. The predicted molar refractivity (Wildman–Crippen MR) is 88.1 cm³/mol. The summed E-state index contributed by atoms with van der Waals surface area (Å²) in [5.74, 6) is 0.0664. The van der Waals surface area contributed by atoms with Crippen LogP contribution in [0.2, 0.25) is 0 Å². The summed E-state index contributed by atoms with van der Waals surface area (Å²) in [5.41, 5.74) is 3.56. The Hall–Kier alpha value is -2.36. The molecule has 0 saturated carbocycles. The Labute approximate surface area is 129 Å². The molecule has 0 radical (unpaired) electrons. The van der Waals surface area contributed by atoms with Gasteiger partial charge in [-0.3, -0.25) is 4.79 Å². The highest BCUT2D eigenvalue weighted by molar-refractivity contribution is 6.07. The Morgan fingerprint density at radius 2 is 1.82 bits per heavy atom. The molecular weight excluding hydrogens is 274 g/mol. The number of H-pyrrole nitrogens is 1. The van der Waals surface area contributed by atoms with E-state index in [1.54, 1.807) is 0 Å². The van der Waals surface area contributed by atoms with Crippen LogP contribution >= 0.6 is 0 Å². The lowest BCUT2D eigenvalue weighted by molar-refractivity contribution is 0.0719. The minimum Gasteiger partial charge on any atom is -0.357 e. The largest absolute Gasteiger partial charge is 0.357 e. The molecular formula is C18H19N3O. The van der Waals surface area contributed by atoms with Crippen molar-refractivity contribution >= 4 is 27.7 Å². The Kier molecular flexibility index (Phi) is 3.10. The number of carbonyl (C=O) groups excluding carboxylic acids is 1. The minimum absolute atomic E-state index is 0.0664. The lowest BCUT2D eigenvalue weighted by Gasteiger charge is -2.25. The predicted octanol–water partition coefficient (Wildman–Crippen LogP) is 3.65. The molecule has 1 amide bonds. The SMILES string of the molecule is Cc1ccc2ccc3cc(C(=O)N4CCCCC4)nc3c2[nH]1. The van der Waals surface area contributed by atoms with Gasteiger partial charge in [0.2, 0.25) is 0 Å². The van der Waals surface area contributed by atoms with Gasteiger partial charge < -0.3 is 9.88 Å². The van der Waals surface area contributed by atoms with Gasteiger partial charge in [-0.2, -0.15) is 0 Å². The van der Waals surface area contributed by atoms with E-state index in [0.29, 0.717) is 5.69 Å². The van der Waals surface area contributed by atoms with Crippen LogP contribution in [-0.2, 0) is 0 Å². The van der Waals surface area contributed by atoms with Gasteiger partial charge in [0.05, 0.1) is 11.0 Å². The maximum Gasteiger partial charge on any atom is 0.272 e. The normalized spacial score (nSPS) is 15.6. The highest BCUT2D eigenvalue weighted by Gasteiger charge is 2.21. The van der Waals surface area contributed by atoms with Gasteiger partial charge in [0.15, 0.2) is 0 Å². The molecule has 1 aromatic carbocycles. The molecule has 1 fully saturated rings. The van der Waals surface area contributed by atoms with E-state index < -0.39 is 0 Å². The second-order valence-electron chi connectivity index (χ2n) is 6.10. The third-order valence-electron chi connectivity index (χ3n) is 4.46. The lowest BCUT2D eigenvalue weighted by Crippen LogP contribution is -2.35. The first-order chi connectivity index (χ1) is 10.7. The van der Waals surface area contributed by atoms with E-state index in [1.807, 2.05) is 24.0 Å². The first-order valence-electron chi connectivity index (χ1n) is 7.91. The van der Waals surface area contributed by atoms with E-state index >= 15 is 0 Å². The number of rotatable bonds is 1. The summed E-state index contributed by atoms with van der Waals surface area (Å²) in [7, 11) is 0. The lowest BCUT2D eigenvalue weighted by atomic mass is 10.1. The minimum atomic E-state index is 0.0664. The Morgan fingerprint density at radius 3 is 2.64 bits per heavy atom. The van der Waals surface area contributed by atoms with Crippen LogP contribution in [0.3, 0.4) is 0 Å². The van der Waals surface area contributed by atoms with Crippen molar-refractivity contribution in [1.29, 1.82) is 0 Å². The molecule has 4 nitrogen and oxygen atoms in total. The van der Waals surface area contributed by atoms with Crippen LogP contribution in [0.4, 0.5) is 0 Å². The number of amides is 1. The van der Waals surface area contributed by atoms with E-state index in [-0.39, 0.29) is 5.91 Å². The van der Waals surface area contributed by atoms with E-state index in [0.717, 1.165) is 53.4 Å². The molecule has 2 aromatic heterocycles. The van der Waals surface area contributed by atoms with Crippen molar-refractivity contribution < 1.29 is 4.79 Å². The maximum absolute atomic E-state index is 12.6. The van der Waals surface area contributed by atoms with Crippen molar-refractivity contribution in [1.82, 2.24) is 14.9 Å². The average Bonchev–Trinajstić information content (AvgIpc) is 2.99. The van der Waals surface area contributed by atoms with E-state index in [2.05, 4.69) is 28.2 Å². The Morgan fingerprint density at radius 1 is 1.09 bits per heavy atom. The van der Waals surface area contributed by atoms with Crippen molar-refractivity contribution in [3.05, 3.63) is 41.7 Å². The Balaban J connectivity index is 1.81. The molecule has 1 aliphatic heterocycles. The fraction of sp³-hybridized carbons (Fsp3) is 0.333. The fourth-order valence-corrected chi connectivity index (χ4v) is 3.25. The number of aromatic nitrogens is 2. The molecule has 3 heterocycles. The molecule has 112 valence electrons. The number of aryl methyl sites for hydroxylation is 1. The third-order valence-corrected chi connectivity index (χ3v) is 4.46. The van der Waals surface area contributed by atoms with Gasteiger partial charge in [-0.15, -0.1) is 0 Å². The average molecular weight is 293 g/mol. The molecule has 0 unspecified atom stereocenters. The second kappa shape index (κ2) is 5.13. The van der Waals surface area contributed by atoms with Crippen molar-refractivity contribution in [2.75, 3.05) is 13.1 Å². The topological polar surface area (TPSA) is 49.0 Å². The van der Waals surface area contributed by atoms with Crippen molar-refractivity contribution in [3.63, 3.8) is 0 Å². The van der Waals surface area contributed by atoms with Gasteiger partial charge in [-0.25, -0.2) is 4.98 Å². The van der Waals surface area contributed by atoms with Crippen LogP contribution in [-0.4, -0.2) is 33.9 Å². The summed E-state index contributed by atoms with van der Waals surface area (Å²) < 4.78 is 0. The van der Waals surface area contributed by atoms with Crippen LogP contribution in [0.5, 0.6) is 0 Å². The number of hydrogen-bond donors (Lipinski definition) is 1. The van der Waals surface area contributed by atoms with E-state index in [4.69, 9.17) is 0 Å². The summed E-state index contributed by atoms with van der Waals surface area (Å²) in [5, 5.41) is 2.14. The van der Waals surface area contributed by atoms with Crippen molar-refractivity contribution in [3.8, 4) is 0 Å². The summed E-state index contributed by atoms with van der Waals surface area (Å²) in [6.45, 7) is 3.74. The Bertz CT molecular complexity index is 859. The van der Waals surface area contributed by atoms with Crippen LogP contribution in [0.15, 0.2) is 30.3 Å². The summed E-state index contributed by atoms with van der Waals surface area (Å²) in [6.07, 6.45) is 3.42. The number of carbonyl (C=O) groups is 1. The first kappa shape index (κ1) is 13.3.